The van der Waals surface area contributed by atoms with Crippen molar-refractivity contribution in [1.82, 2.24) is 25.2 Å². The SMILES string of the molecule is Cc1nn(C)c2nc(-c3ccccc3)cc(C(=O)NCc3cc(-c4ccccc4)no3)c12. The van der Waals surface area contributed by atoms with Crippen LogP contribution in [0, 0.1) is 6.92 Å². The van der Waals surface area contributed by atoms with E-state index in [4.69, 9.17) is 9.51 Å². The average molecular weight is 423 g/mol. The first-order valence-corrected chi connectivity index (χ1v) is 10.3. The van der Waals surface area contributed by atoms with Crippen LogP contribution in [-0.4, -0.2) is 25.8 Å². The molecule has 0 aliphatic carbocycles. The summed E-state index contributed by atoms with van der Waals surface area (Å²) in [5.41, 5.74) is 5.30. The molecule has 1 amide bonds. The minimum atomic E-state index is -0.219. The summed E-state index contributed by atoms with van der Waals surface area (Å²) in [6.07, 6.45) is 0. The van der Waals surface area contributed by atoms with Crippen LogP contribution in [0.2, 0.25) is 0 Å². The van der Waals surface area contributed by atoms with Crippen molar-refractivity contribution in [2.45, 2.75) is 13.5 Å². The van der Waals surface area contributed by atoms with Gasteiger partial charge in [-0.15, -0.1) is 0 Å². The lowest BCUT2D eigenvalue weighted by molar-refractivity contribution is 0.0948. The Labute approximate surface area is 184 Å². The van der Waals surface area contributed by atoms with Crippen molar-refractivity contribution in [3.63, 3.8) is 0 Å². The molecule has 7 heteroatoms. The topological polar surface area (TPSA) is 85.8 Å². The largest absolute Gasteiger partial charge is 0.359 e. The predicted molar refractivity (Wildman–Crippen MR) is 122 cm³/mol. The van der Waals surface area contributed by atoms with Gasteiger partial charge < -0.3 is 9.84 Å². The van der Waals surface area contributed by atoms with Gasteiger partial charge in [-0.25, -0.2) is 4.98 Å². The van der Waals surface area contributed by atoms with E-state index >= 15 is 0 Å². The van der Waals surface area contributed by atoms with Crippen LogP contribution in [0.15, 0.2) is 77.3 Å². The lowest BCUT2D eigenvalue weighted by Gasteiger charge is -2.08. The number of aryl methyl sites for hydroxylation is 2. The van der Waals surface area contributed by atoms with Gasteiger partial charge in [-0.3, -0.25) is 9.48 Å². The van der Waals surface area contributed by atoms with E-state index < -0.39 is 0 Å². The second-order valence-electron chi connectivity index (χ2n) is 7.56. The standard InChI is InChI=1S/C25H21N5O2/c1-16-23-20(14-21(17-9-5-3-6-10-17)27-24(23)30(2)28-16)25(31)26-15-19-13-22(29-32-19)18-11-7-4-8-12-18/h3-14H,15H2,1-2H3,(H,26,31). The molecule has 0 atom stereocenters. The molecule has 2 aromatic carbocycles. The number of benzene rings is 2. The fraction of sp³-hybridized carbons (Fsp3) is 0.120. The molecule has 5 aromatic rings. The second-order valence-corrected chi connectivity index (χ2v) is 7.56. The third-order valence-corrected chi connectivity index (χ3v) is 5.33. The smallest absolute Gasteiger partial charge is 0.252 e. The Hall–Kier alpha value is -4.26. The number of carbonyl (C=O) groups is 1. The van der Waals surface area contributed by atoms with Crippen LogP contribution in [-0.2, 0) is 13.6 Å². The quantitative estimate of drug-likeness (QED) is 0.449. The first-order valence-electron chi connectivity index (χ1n) is 10.3. The zero-order valence-electron chi connectivity index (χ0n) is 17.7. The summed E-state index contributed by atoms with van der Waals surface area (Å²) in [4.78, 5) is 18.0. The molecule has 0 saturated heterocycles. The molecule has 32 heavy (non-hydrogen) atoms. The van der Waals surface area contributed by atoms with Gasteiger partial charge in [-0.1, -0.05) is 65.8 Å². The van der Waals surface area contributed by atoms with Gasteiger partial charge in [0, 0.05) is 24.2 Å². The summed E-state index contributed by atoms with van der Waals surface area (Å²) >= 11 is 0. The number of pyridine rings is 1. The van der Waals surface area contributed by atoms with E-state index in [1.54, 1.807) is 4.68 Å². The molecule has 3 heterocycles. The summed E-state index contributed by atoms with van der Waals surface area (Å²) < 4.78 is 7.13. The molecule has 0 unspecified atom stereocenters. The normalized spacial score (nSPS) is 11.1. The van der Waals surface area contributed by atoms with E-state index in [0.29, 0.717) is 17.0 Å². The fourth-order valence-corrected chi connectivity index (χ4v) is 3.78. The molecule has 0 spiro atoms. The first-order chi connectivity index (χ1) is 15.6. The summed E-state index contributed by atoms with van der Waals surface area (Å²) in [7, 11) is 1.83. The highest BCUT2D eigenvalue weighted by atomic mass is 16.5. The van der Waals surface area contributed by atoms with E-state index in [-0.39, 0.29) is 12.5 Å². The molecule has 1 N–H and O–H groups in total. The second kappa shape index (κ2) is 8.11. The first kappa shape index (κ1) is 19.7. The average Bonchev–Trinajstić information content (AvgIpc) is 3.42. The maximum Gasteiger partial charge on any atom is 0.252 e. The van der Waals surface area contributed by atoms with Gasteiger partial charge in [-0.2, -0.15) is 5.10 Å². The van der Waals surface area contributed by atoms with Gasteiger partial charge in [-0.05, 0) is 13.0 Å². The van der Waals surface area contributed by atoms with E-state index in [2.05, 4.69) is 15.6 Å². The molecule has 0 radical (unpaired) electrons. The third kappa shape index (κ3) is 3.65. The monoisotopic (exact) mass is 423 g/mol. The molecule has 0 bridgehead atoms. The molecule has 5 rings (SSSR count). The van der Waals surface area contributed by atoms with Gasteiger partial charge in [0.1, 0.15) is 5.69 Å². The zero-order chi connectivity index (χ0) is 22.1. The van der Waals surface area contributed by atoms with E-state index in [1.807, 2.05) is 86.8 Å². The van der Waals surface area contributed by atoms with Gasteiger partial charge >= 0.3 is 0 Å². The van der Waals surface area contributed by atoms with Crippen LogP contribution < -0.4 is 5.32 Å². The van der Waals surface area contributed by atoms with Crippen LogP contribution in [0.3, 0.4) is 0 Å². The third-order valence-electron chi connectivity index (χ3n) is 5.33. The van der Waals surface area contributed by atoms with Crippen LogP contribution >= 0.6 is 0 Å². The van der Waals surface area contributed by atoms with E-state index in [0.717, 1.165) is 33.6 Å². The Bertz CT molecular complexity index is 1400. The minimum absolute atomic E-state index is 0.219. The Morgan fingerprint density at radius 3 is 2.31 bits per heavy atom. The lowest BCUT2D eigenvalue weighted by atomic mass is 10.0. The molecular formula is C25H21N5O2. The highest BCUT2D eigenvalue weighted by Crippen LogP contribution is 2.27. The number of amides is 1. The van der Waals surface area contributed by atoms with Crippen molar-refractivity contribution in [2.75, 3.05) is 0 Å². The van der Waals surface area contributed by atoms with Crippen LogP contribution in [0.25, 0.3) is 33.5 Å². The summed E-state index contributed by atoms with van der Waals surface area (Å²) in [5.74, 6) is 0.358. The van der Waals surface area contributed by atoms with E-state index in [9.17, 15) is 4.79 Å². The number of hydrogen-bond acceptors (Lipinski definition) is 5. The number of nitrogens with one attached hydrogen (secondary N) is 1. The van der Waals surface area contributed by atoms with E-state index in [1.165, 1.54) is 0 Å². The molecular weight excluding hydrogens is 402 g/mol. The van der Waals surface area contributed by atoms with Gasteiger partial charge in [0.15, 0.2) is 11.4 Å². The number of nitrogens with zero attached hydrogens (tertiary/aromatic N) is 4. The minimum Gasteiger partial charge on any atom is -0.359 e. The van der Waals surface area contributed by atoms with Crippen LogP contribution in [0.1, 0.15) is 21.8 Å². The van der Waals surface area contributed by atoms with Gasteiger partial charge in [0.25, 0.3) is 5.91 Å². The predicted octanol–water partition coefficient (Wildman–Crippen LogP) is 4.53. The molecule has 0 aliphatic heterocycles. The number of rotatable bonds is 5. The molecule has 0 fully saturated rings. The lowest BCUT2D eigenvalue weighted by Crippen LogP contribution is -2.23. The van der Waals surface area contributed by atoms with Crippen molar-refractivity contribution in [1.29, 1.82) is 0 Å². The Kier molecular flexibility index (Phi) is 4.99. The molecule has 7 nitrogen and oxygen atoms in total. The molecule has 0 saturated carbocycles. The van der Waals surface area contributed by atoms with Crippen LogP contribution in [0.4, 0.5) is 0 Å². The highest BCUT2D eigenvalue weighted by molar-refractivity contribution is 6.07. The summed E-state index contributed by atoms with van der Waals surface area (Å²) in [5, 5.41) is 12.3. The molecule has 0 aliphatic rings. The van der Waals surface area contributed by atoms with Crippen LogP contribution in [0.5, 0.6) is 0 Å². The highest BCUT2D eigenvalue weighted by Gasteiger charge is 2.19. The number of hydrogen-bond donors (Lipinski definition) is 1. The van der Waals surface area contributed by atoms with Crippen molar-refractivity contribution in [3.05, 3.63) is 89.8 Å². The summed E-state index contributed by atoms with van der Waals surface area (Å²) in [6, 6.07) is 23.2. The molecule has 158 valence electrons. The number of fused-ring (bicyclic) bond motifs is 1. The Morgan fingerprint density at radius 2 is 1.62 bits per heavy atom. The molecule has 3 aromatic heterocycles. The van der Waals surface area contributed by atoms with Crippen molar-refractivity contribution < 1.29 is 9.32 Å². The maximum atomic E-state index is 13.2. The fourth-order valence-electron chi connectivity index (χ4n) is 3.78. The number of carbonyl (C=O) groups excluding carboxylic acids is 1. The van der Waals surface area contributed by atoms with Gasteiger partial charge in [0.05, 0.1) is 28.9 Å². The summed E-state index contributed by atoms with van der Waals surface area (Å²) in [6.45, 7) is 2.11. The zero-order valence-corrected chi connectivity index (χ0v) is 17.7. The van der Waals surface area contributed by atoms with Crippen molar-refractivity contribution in [3.8, 4) is 22.5 Å². The van der Waals surface area contributed by atoms with Crippen molar-refractivity contribution in [2.24, 2.45) is 7.05 Å². The van der Waals surface area contributed by atoms with Crippen molar-refractivity contribution >= 4 is 16.9 Å². The van der Waals surface area contributed by atoms with Gasteiger partial charge in [0.2, 0.25) is 0 Å². The number of aromatic nitrogens is 4. The Balaban J connectivity index is 1.45. The maximum absolute atomic E-state index is 13.2. The Morgan fingerprint density at radius 1 is 0.969 bits per heavy atom.